The first-order valence-electron chi connectivity index (χ1n) is 7.56. The van der Waals surface area contributed by atoms with Crippen molar-refractivity contribution in [3.63, 3.8) is 0 Å². The number of halogens is 1. The standard InChI is InChI=1S/C15H22N4OS.ClH/c1-4-7-19(11-5-6-16-9-11)14(20)13-8-12-10(2)17-18(3)15(12)21-13;/h8,11,16H,4-7,9H2,1-3H3;1H. The highest BCUT2D eigenvalue weighted by molar-refractivity contribution is 7.20. The number of carbonyl (C=O) groups excluding carboxylic acids is 1. The topological polar surface area (TPSA) is 50.2 Å². The van der Waals surface area contributed by atoms with Gasteiger partial charge in [0.15, 0.2) is 0 Å². The van der Waals surface area contributed by atoms with Crippen LogP contribution in [0.3, 0.4) is 0 Å². The van der Waals surface area contributed by atoms with Crippen LogP contribution in [0, 0.1) is 6.92 Å². The van der Waals surface area contributed by atoms with Crippen molar-refractivity contribution in [1.82, 2.24) is 20.0 Å². The number of carbonyl (C=O) groups is 1. The third-order valence-electron chi connectivity index (χ3n) is 4.11. The molecule has 1 saturated heterocycles. The first-order valence-corrected chi connectivity index (χ1v) is 8.38. The number of hydrogen-bond acceptors (Lipinski definition) is 4. The number of amides is 1. The van der Waals surface area contributed by atoms with E-state index in [1.165, 1.54) is 0 Å². The molecule has 0 spiro atoms. The molecule has 0 radical (unpaired) electrons. The summed E-state index contributed by atoms with van der Waals surface area (Å²) in [6.45, 7) is 6.87. The van der Waals surface area contributed by atoms with Gasteiger partial charge in [0, 0.05) is 31.6 Å². The predicted octanol–water partition coefficient (Wildman–Crippen LogP) is 2.58. The summed E-state index contributed by atoms with van der Waals surface area (Å²) in [6.07, 6.45) is 2.05. The summed E-state index contributed by atoms with van der Waals surface area (Å²) in [5.41, 5.74) is 0.993. The van der Waals surface area contributed by atoms with Crippen molar-refractivity contribution >= 4 is 39.9 Å². The summed E-state index contributed by atoms with van der Waals surface area (Å²) in [7, 11) is 1.94. The molecule has 3 rings (SSSR count). The third kappa shape index (κ3) is 3.00. The first kappa shape index (κ1) is 17.2. The lowest BCUT2D eigenvalue weighted by atomic mass is 10.2. The second-order valence-electron chi connectivity index (χ2n) is 5.68. The van der Waals surface area contributed by atoms with Gasteiger partial charge in [-0.1, -0.05) is 6.92 Å². The Bertz CT molecular complexity index is 625. The van der Waals surface area contributed by atoms with E-state index >= 15 is 0 Å². The summed E-state index contributed by atoms with van der Waals surface area (Å²) < 4.78 is 1.87. The van der Waals surface area contributed by atoms with Crippen LogP contribution in [0.4, 0.5) is 0 Å². The Kier molecular flexibility index (Phi) is 5.47. The largest absolute Gasteiger partial charge is 0.334 e. The Morgan fingerprint density at radius 1 is 1.59 bits per heavy atom. The van der Waals surface area contributed by atoms with Crippen LogP contribution in [0.25, 0.3) is 10.2 Å². The van der Waals surface area contributed by atoms with Crippen molar-refractivity contribution in [3.05, 3.63) is 16.6 Å². The highest BCUT2D eigenvalue weighted by Gasteiger charge is 2.28. The molecule has 1 N–H and O–H groups in total. The predicted molar refractivity (Wildman–Crippen MR) is 93.2 cm³/mol. The zero-order valence-corrected chi connectivity index (χ0v) is 14.9. The van der Waals surface area contributed by atoms with Gasteiger partial charge in [0.1, 0.15) is 4.83 Å². The van der Waals surface area contributed by atoms with Gasteiger partial charge in [0.25, 0.3) is 5.91 Å². The van der Waals surface area contributed by atoms with Crippen LogP contribution in [0.5, 0.6) is 0 Å². The Morgan fingerprint density at radius 3 is 2.95 bits per heavy atom. The number of hydrogen-bond donors (Lipinski definition) is 1. The van der Waals surface area contributed by atoms with E-state index in [4.69, 9.17) is 0 Å². The monoisotopic (exact) mass is 342 g/mol. The summed E-state index contributed by atoms with van der Waals surface area (Å²) in [6, 6.07) is 2.34. The van der Waals surface area contributed by atoms with Crippen molar-refractivity contribution in [1.29, 1.82) is 0 Å². The van der Waals surface area contributed by atoms with Gasteiger partial charge in [-0.2, -0.15) is 5.10 Å². The molecule has 1 aliphatic rings. The quantitative estimate of drug-likeness (QED) is 0.929. The Morgan fingerprint density at radius 2 is 2.36 bits per heavy atom. The van der Waals surface area contributed by atoms with E-state index in [1.807, 2.05) is 29.6 Å². The lowest BCUT2D eigenvalue weighted by Crippen LogP contribution is -2.41. The van der Waals surface area contributed by atoms with E-state index < -0.39 is 0 Å². The minimum atomic E-state index is 0. The molecule has 122 valence electrons. The van der Waals surface area contributed by atoms with Gasteiger partial charge in [-0.15, -0.1) is 23.7 Å². The van der Waals surface area contributed by atoms with Crippen LogP contribution in [0.15, 0.2) is 6.07 Å². The summed E-state index contributed by atoms with van der Waals surface area (Å²) in [5, 5.41) is 8.86. The van der Waals surface area contributed by atoms with Gasteiger partial charge in [-0.05, 0) is 32.4 Å². The number of aromatic nitrogens is 2. The van der Waals surface area contributed by atoms with Crippen molar-refractivity contribution in [2.24, 2.45) is 7.05 Å². The van der Waals surface area contributed by atoms with Gasteiger partial charge in [-0.25, -0.2) is 0 Å². The van der Waals surface area contributed by atoms with E-state index in [-0.39, 0.29) is 18.3 Å². The second kappa shape index (κ2) is 6.98. The molecule has 1 atom stereocenters. The molecule has 0 bridgehead atoms. The SMILES string of the molecule is CCCN(C(=O)c1cc2c(C)nn(C)c2s1)C1CCNC1.Cl. The van der Waals surface area contributed by atoms with Crippen LogP contribution in [0.1, 0.15) is 35.1 Å². The summed E-state index contributed by atoms with van der Waals surface area (Å²) in [4.78, 5) is 16.9. The number of nitrogens with one attached hydrogen (secondary N) is 1. The molecule has 1 amide bonds. The van der Waals surface area contributed by atoms with E-state index in [0.29, 0.717) is 6.04 Å². The molecule has 3 heterocycles. The van der Waals surface area contributed by atoms with Gasteiger partial charge in [0.2, 0.25) is 0 Å². The number of thiophene rings is 1. The highest BCUT2D eigenvalue weighted by atomic mass is 35.5. The van der Waals surface area contributed by atoms with Gasteiger partial charge < -0.3 is 10.2 Å². The van der Waals surface area contributed by atoms with Gasteiger partial charge in [0.05, 0.1) is 10.6 Å². The van der Waals surface area contributed by atoms with E-state index in [2.05, 4.69) is 17.3 Å². The minimum Gasteiger partial charge on any atom is -0.334 e. The van der Waals surface area contributed by atoms with E-state index in [1.54, 1.807) is 11.3 Å². The molecule has 1 unspecified atom stereocenters. The minimum absolute atomic E-state index is 0. The fourth-order valence-corrected chi connectivity index (χ4v) is 4.13. The molecule has 2 aromatic rings. The number of nitrogens with zero attached hydrogens (tertiary/aromatic N) is 3. The molecule has 0 aliphatic carbocycles. The zero-order valence-electron chi connectivity index (χ0n) is 13.3. The van der Waals surface area contributed by atoms with Gasteiger partial charge in [-0.3, -0.25) is 9.48 Å². The maximum Gasteiger partial charge on any atom is 0.264 e. The van der Waals surface area contributed by atoms with Crippen molar-refractivity contribution in [2.75, 3.05) is 19.6 Å². The molecule has 7 heteroatoms. The van der Waals surface area contributed by atoms with Crippen molar-refractivity contribution < 1.29 is 4.79 Å². The van der Waals surface area contributed by atoms with E-state index in [9.17, 15) is 4.79 Å². The maximum absolute atomic E-state index is 12.9. The molecule has 5 nitrogen and oxygen atoms in total. The van der Waals surface area contributed by atoms with Crippen LogP contribution in [-0.4, -0.2) is 46.3 Å². The lowest BCUT2D eigenvalue weighted by Gasteiger charge is -2.27. The van der Waals surface area contributed by atoms with Crippen LogP contribution in [-0.2, 0) is 7.05 Å². The molecule has 1 fully saturated rings. The second-order valence-corrected chi connectivity index (χ2v) is 6.71. The van der Waals surface area contributed by atoms with Crippen LogP contribution >= 0.6 is 23.7 Å². The van der Waals surface area contributed by atoms with Crippen molar-refractivity contribution in [3.8, 4) is 0 Å². The zero-order chi connectivity index (χ0) is 15.0. The normalized spacial score (nSPS) is 17.7. The maximum atomic E-state index is 12.9. The molecule has 22 heavy (non-hydrogen) atoms. The van der Waals surface area contributed by atoms with Crippen molar-refractivity contribution in [2.45, 2.75) is 32.7 Å². The average molecular weight is 343 g/mol. The van der Waals surface area contributed by atoms with E-state index in [0.717, 1.165) is 53.3 Å². The third-order valence-corrected chi connectivity index (χ3v) is 5.30. The molecule has 1 aliphatic heterocycles. The number of aryl methyl sites for hydroxylation is 2. The Hall–Kier alpha value is -1.11. The lowest BCUT2D eigenvalue weighted by molar-refractivity contribution is 0.0697. The molecular formula is C15H23ClN4OS. The fourth-order valence-electron chi connectivity index (χ4n) is 3.05. The van der Waals surface area contributed by atoms with Crippen LogP contribution < -0.4 is 5.32 Å². The highest BCUT2D eigenvalue weighted by Crippen LogP contribution is 2.29. The van der Waals surface area contributed by atoms with Crippen LogP contribution in [0.2, 0.25) is 0 Å². The summed E-state index contributed by atoms with van der Waals surface area (Å²) in [5.74, 6) is 0.172. The summed E-state index contributed by atoms with van der Waals surface area (Å²) >= 11 is 1.55. The smallest absolute Gasteiger partial charge is 0.264 e. The number of rotatable bonds is 4. The number of fused-ring (bicyclic) bond motifs is 1. The molecule has 0 aromatic carbocycles. The first-order chi connectivity index (χ1) is 10.1. The Balaban J connectivity index is 0.00000176. The Labute approximate surface area is 141 Å². The fraction of sp³-hybridized carbons (Fsp3) is 0.600. The molecular weight excluding hydrogens is 320 g/mol. The molecule has 0 saturated carbocycles. The average Bonchev–Trinajstić information content (AvgIpc) is 3.16. The van der Waals surface area contributed by atoms with Gasteiger partial charge >= 0.3 is 0 Å². The molecule has 2 aromatic heterocycles.